The van der Waals surface area contributed by atoms with Crippen molar-refractivity contribution in [1.29, 1.82) is 0 Å². The van der Waals surface area contributed by atoms with Crippen LogP contribution >= 0.6 is 15.9 Å². The van der Waals surface area contributed by atoms with Gasteiger partial charge in [-0.15, -0.1) is 0 Å². The third-order valence-electron chi connectivity index (χ3n) is 3.90. The van der Waals surface area contributed by atoms with Crippen molar-refractivity contribution in [3.05, 3.63) is 22.7 Å². The Hall–Kier alpha value is -0.630. The third-order valence-corrected chi connectivity index (χ3v) is 6.28. The van der Waals surface area contributed by atoms with E-state index in [-0.39, 0.29) is 11.4 Å². The van der Waals surface area contributed by atoms with Crippen molar-refractivity contribution in [1.82, 2.24) is 4.72 Å². The molecule has 7 heteroatoms. The third kappa shape index (κ3) is 4.18. The molecule has 5 nitrogen and oxygen atoms in total. The number of sulfonamides is 1. The summed E-state index contributed by atoms with van der Waals surface area (Å²) in [6.45, 7) is 2.12. The molecule has 0 amide bonds. The van der Waals surface area contributed by atoms with Crippen molar-refractivity contribution in [2.24, 2.45) is 5.92 Å². The summed E-state index contributed by atoms with van der Waals surface area (Å²) in [7, 11) is -3.68. The van der Waals surface area contributed by atoms with Gasteiger partial charge in [-0.3, -0.25) is 0 Å². The molecule has 2 atom stereocenters. The van der Waals surface area contributed by atoms with E-state index in [4.69, 9.17) is 5.73 Å². The Morgan fingerprint density at radius 1 is 1.52 bits per heavy atom. The maximum Gasteiger partial charge on any atom is 0.241 e. The molecule has 21 heavy (non-hydrogen) atoms. The van der Waals surface area contributed by atoms with Crippen LogP contribution in [0.4, 0.5) is 5.69 Å². The van der Waals surface area contributed by atoms with E-state index in [0.29, 0.717) is 28.9 Å². The average Bonchev–Trinajstić information content (AvgIpc) is 2.36. The fourth-order valence-corrected chi connectivity index (χ4v) is 5.05. The monoisotopic (exact) mass is 376 g/mol. The first kappa shape index (κ1) is 16.7. The number of halogens is 1. The molecule has 118 valence electrons. The fourth-order valence-electron chi connectivity index (χ4n) is 2.84. The van der Waals surface area contributed by atoms with Crippen molar-refractivity contribution >= 4 is 31.6 Å². The molecule has 4 N–H and O–H groups in total. The molecule has 1 aliphatic carbocycles. The number of hydrogen-bond acceptors (Lipinski definition) is 4. The highest BCUT2D eigenvalue weighted by molar-refractivity contribution is 9.10. The van der Waals surface area contributed by atoms with Crippen LogP contribution in [0.2, 0.25) is 0 Å². The zero-order valence-corrected chi connectivity index (χ0v) is 14.4. The van der Waals surface area contributed by atoms with Crippen LogP contribution in [-0.4, -0.2) is 25.7 Å². The normalized spacial score (nSPS) is 26.7. The fraction of sp³-hybridized carbons (Fsp3) is 0.571. The van der Waals surface area contributed by atoms with E-state index < -0.39 is 15.6 Å². The molecule has 1 saturated carbocycles. The van der Waals surface area contributed by atoms with Crippen LogP contribution in [0.3, 0.4) is 0 Å². The Balaban J connectivity index is 2.11. The number of hydrogen-bond donors (Lipinski definition) is 3. The summed E-state index contributed by atoms with van der Waals surface area (Å²) in [4.78, 5) is 0.129. The summed E-state index contributed by atoms with van der Waals surface area (Å²) >= 11 is 3.21. The number of nitrogens with one attached hydrogen (secondary N) is 1. The molecule has 0 saturated heterocycles. The molecular formula is C14H21BrN2O3S. The summed E-state index contributed by atoms with van der Waals surface area (Å²) in [6.07, 6.45) is 3.25. The van der Waals surface area contributed by atoms with Gasteiger partial charge in [0.2, 0.25) is 10.0 Å². The van der Waals surface area contributed by atoms with Gasteiger partial charge in [0.1, 0.15) is 0 Å². The molecule has 0 radical (unpaired) electrons. The van der Waals surface area contributed by atoms with Gasteiger partial charge in [-0.05, 0) is 52.9 Å². The lowest BCUT2D eigenvalue weighted by atomic mass is 9.79. The van der Waals surface area contributed by atoms with Crippen LogP contribution < -0.4 is 10.5 Å². The van der Waals surface area contributed by atoms with Gasteiger partial charge in [-0.1, -0.05) is 19.8 Å². The van der Waals surface area contributed by atoms with E-state index in [1.807, 2.05) is 0 Å². The van der Waals surface area contributed by atoms with Crippen LogP contribution in [-0.2, 0) is 10.0 Å². The Bertz CT molecular complexity index is 621. The number of nitrogens with two attached hydrogens (primary N) is 1. The molecule has 0 aliphatic heterocycles. The summed E-state index contributed by atoms with van der Waals surface area (Å²) < 4.78 is 27.6. The Morgan fingerprint density at radius 3 is 2.86 bits per heavy atom. The number of aliphatic hydroxyl groups is 1. The lowest BCUT2D eigenvalue weighted by molar-refractivity contribution is -0.00751. The van der Waals surface area contributed by atoms with Crippen molar-refractivity contribution in [2.45, 2.75) is 43.1 Å². The highest BCUT2D eigenvalue weighted by Gasteiger charge is 2.34. The van der Waals surface area contributed by atoms with Gasteiger partial charge >= 0.3 is 0 Å². The first-order valence-corrected chi connectivity index (χ1v) is 9.27. The molecule has 2 rings (SSSR count). The van der Waals surface area contributed by atoms with E-state index in [2.05, 4.69) is 27.6 Å². The molecule has 1 fully saturated rings. The van der Waals surface area contributed by atoms with E-state index >= 15 is 0 Å². The summed E-state index contributed by atoms with van der Waals surface area (Å²) in [5.41, 5.74) is 5.15. The van der Waals surface area contributed by atoms with E-state index in [1.54, 1.807) is 6.07 Å². The standard InChI is InChI=1S/C14H21BrN2O3S/c1-10-3-2-6-14(18,8-10)9-17-21(19,20)13-5-4-11(16)7-12(13)15/h4-5,7,10,17-18H,2-3,6,8-9,16H2,1H3. The molecule has 0 spiro atoms. The van der Waals surface area contributed by atoms with Crippen molar-refractivity contribution in [3.63, 3.8) is 0 Å². The average molecular weight is 377 g/mol. The van der Waals surface area contributed by atoms with Crippen molar-refractivity contribution in [3.8, 4) is 0 Å². The first-order chi connectivity index (χ1) is 9.72. The predicted octanol–water partition coefficient (Wildman–Crippen LogP) is 2.25. The largest absolute Gasteiger partial charge is 0.399 e. The SMILES string of the molecule is CC1CCCC(O)(CNS(=O)(=O)c2ccc(N)cc2Br)C1. The molecule has 0 bridgehead atoms. The molecular weight excluding hydrogens is 356 g/mol. The quantitative estimate of drug-likeness (QED) is 0.702. The van der Waals surface area contributed by atoms with Gasteiger partial charge in [0.15, 0.2) is 0 Å². The van der Waals surface area contributed by atoms with E-state index in [0.717, 1.165) is 12.8 Å². The minimum Gasteiger partial charge on any atom is -0.399 e. The molecule has 1 aliphatic rings. The lowest BCUT2D eigenvalue weighted by Gasteiger charge is -2.35. The van der Waals surface area contributed by atoms with Crippen molar-refractivity contribution < 1.29 is 13.5 Å². The summed E-state index contributed by atoms with van der Waals surface area (Å²) in [5, 5.41) is 10.5. The summed E-state index contributed by atoms with van der Waals surface area (Å²) in [5.74, 6) is 0.413. The van der Waals surface area contributed by atoms with Crippen molar-refractivity contribution in [2.75, 3.05) is 12.3 Å². The summed E-state index contributed by atoms with van der Waals surface area (Å²) in [6, 6.07) is 4.54. The zero-order chi connectivity index (χ0) is 15.7. The van der Waals surface area contributed by atoms with Gasteiger partial charge in [0.05, 0.1) is 10.5 Å². The highest BCUT2D eigenvalue weighted by Crippen LogP contribution is 2.32. The lowest BCUT2D eigenvalue weighted by Crippen LogP contribution is -2.45. The zero-order valence-electron chi connectivity index (χ0n) is 12.0. The molecule has 1 aromatic carbocycles. The topological polar surface area (TPSA) is 92.4 Å². The van der Waals surface area contributed by atoms with E-state index in [9.17, 15) is 13.5 Å². The van der Waals surface area contributed by atoms with Crippen LogP contribution in [0.5, 0.6) is 0 Å². The van der Waals surface area contributed by atoms with Crippen LogP contribution in [0.15, 0.2) is 27.6 Å². The highest BCUT2D eigenvalue weighted by atomic mass is 79.9. The van der Waals surface area contributed by atoms with E-state index in [1.165, 1.54) is 12.1 Å². The maximum atomic E-state index is 12.3. The molecule has 0 heterocycles. The Labute approximate surface area is 134 Å². The first-order valence-electron chi connectivity index (χ1n) is 6.99. The number of rotatable bonds is 4. The Morgan fingerprint density at radius 2 is 2.24 bits per heavy atom. The smallest absolute Gasteiger partial charge is 0.241 e. The molecule has 0 aromatic heterocycles. The number of nitrogen functional groups attached to an aromatic ring is 1. The minimum atomic E-state index is -3.68. The van der Waals surface area contributed by atoms with Crippen LogP contribution in [0.25, 0.3) is 0 Å². The number of benzene rings is 1. The van der Waals surface area contributed by atoms with Gasteiger partial charge in [-0.25, -0.2) is 13.1 Å². The number of anilines is 1. The van der Waals surface area contributed by atoms with Crippen LogP contribution in [0.1, 0.15) is 32.6 Å². The Kier molecular flexibility index (Phi) is 4.97. The molecule has 1 aromatic rings. The molecule has 2 unspecified atom stereocenters. The predicted molar refractivity (Wildman–Crippen MR) is 86.3 cm³/mol. The van der Waals surface area contributed by atoms with Gasteiger partial charge in [0, 0.05) is 16.7 Å². The second kappa shape index (κ2) is 6.24. The second-order valence-electron chi connectivity index (χ2n) is 5.94. The maximum absolute atomic E-state index is 12.3. The van der Waals surface area contributed by atoms with Gasteiger partial charge in [0.25, 0.3) is 0 Å². The van der Waals surface area contributed by atoms with Crippen LogP contribution in [0, 0.1) is 5.92 Å². The van der Waals surface area contributed by atoms with Gasteiger partial charge in [-0.2, -0.15) is 0 Å². The van der Waals surface area contributed by atoms with Gasteiger partial charge < -0.3 is 10.8 Å². The minimum absolute atomic E-state index is 0.0382. The second-order valence-corrected chi connectivity index (χ2v) is 8.53.